The first-order chi connectivity index (χ1) is 21.6. The van der Waals surface area contributed by atoms with Crippen molar-refractivity contribution in [2.45, 2.75) is 50.1 Å². The molecule has 1 saturated heterocycles. The van der Waals surface area contributed by atoms with Crippen molar-refractivity contribution in [2.24, 2.45) is 5.92 Å². The van der Waals surface area contributed by atoms with Crippen LogP contribution in [0.5, 0.6) is 5.75 Å². The Balaban J connectivity index is 1.37. The number of carbonyl (C=O) groups excluding carboxylic acids is 2. The second-order valence-electron chi connectivity index (χ2n) is 12.7. The summed E-state index contributed by atoms with van der Waals surface area (Å²) >= 11 is 0. The van der Waals surface area contributed by atoms with Gasteiger partial charge in [-0.15, -0.1) is 6.58 Å². The van der Waals surface area contributed by atoms with E-state index in [1.54, 1.807) is 18.1 Å². The van der Waals surface area contributed by atoms with Crippen molar-refractivity contribution < 1.29 is 24.2 Å². The highest BCUT2D eigenvalue weighted by Gasteiger charge is 2.66. The number of rotatable bonds is 10. The van der Waals surface area contributed by atoms with E-state index in [9.17, 15) is 14.7 Å². The third kappa shape index (κ3) is 5.09. The number of hydrogen-bond donors (Lipinski definition) is 3. The predicted molar refractivity (Wildman–Crippen MR) is 181 cm³/mol. The molecule has 0 aliphatic carbocycles. The molecule has 1 spiro atoms. The Labute approximate surface area is 265 Å². The summed E-state index contributed by atoms with van der Waals surface area (Å²) in [5.74, 6) is 0.320. The van der Waals surface area contributed by atoms with Gasteiger partial charge < -0.3 is 29.8 Å². The zero-order valence-corrected chi connectivity index (χ0v) is 27.3. The average Bonchev–Trinajstić information content (AvgIpc) is 3.65. The molecule has 3 heterocycles. The van der Waals surface area contributed by atoms with Crippen LogP contribution in [0.15, 0.2) is 85.6 Å². The van der Waals surface area contributed by atoms with Crippen LogP contribution in [0.2, 0.25) is 18.6 Å². The lowest BCUT2D eigenvalue weighted by Crippen LogP contribution is -2.51. The lowest BCUT2D eigenvalue weighted by molar-refractivity contribution is -0.146. The van der Waals surface area contributed by atoms with E-state index in [-0.39, 0.29) is 42.4 Å². The summed E-state index contributed by atoms with van der Waals surface area (Å²) < 4.78 is 12.4. The van der Waals surface area contributed by atoms with E-state index >= 15 is 0 Å². The summed E-state index contributed by atoms with van der Waals surface area (Å²) in [7, 11) is -0.629. The van der Waals surface area contributed by atoms with Crippen LogP contribution in [0.25, 0.3) is 10.9 Å². The molecule has 45 heavy (non-hydrogen) atoms. The van der Waals surface area contributed by atoms with Gasteiger partial charge >= 0.3 is 0 Å². The molecular formula is C36H41N3O5Si. The molecule has 1 aromatic heterocycles. The molecule has 2 aliphatic heterocycles. The van der Waals surface area contributed by atoms with Crippen molar-refractivity contribution >= 4 is 47.4 Å². The Morgan fingerprint density at radius 2 is 1.93 bits per heavy atom. The highest BCUT2D eigenvalue weighted by molar-refractivity contribution is 6.91. The fourth-order valence-corrected chi connectivity index (χ4v) is 11.8. The maximum Gasteiger partial charge on any atom is 0.264 e. The van der Waals surface area contributed by atoms with Crippen molar-refractivity contribution in [2.75, 3.05) is 30.5 Å². The smallest absolute Gasteiger partial charge is 0.264 e. The summed E-state index contributed by atoms with van der Waals surface area (Å²) in [4.78, 5) is 32.7. The van der Waals surface area contributed by atoms with Crippen LogP contribution in [0.4, 0.5) is 11.4 Å². The topological polar surface area (TPSA) is 104 Å². The first-order valence-corrected chi connectivity index (χ1v) is 18.6. The van der Waals surface area contributed by atoms with Gasteiger partial charge in [0.05, 0.1) is 33.4 Å². The Kier molecular flexibility index (Phi) is 8.19. The van der Waals surface area contributed by atoms with Gasteiger partial charge in [0.2, 0.25) is 5.91 Å². The molecule has 1 fully saturated rings. The zero-order valence-electron chi connectivity index (χ0n) is 26.3. The molecule has 0 bridgehead atoms. The van der Waals surface area contributed by atoms with Gasteiger partial charge in [0.15, 0.2) is 5.60 Å². The van der Waals surface area contributed by atoms with E-state index in [1.807, 2.05) is 60.8 Å². The number of hydrogen-bond acceptors (Lipinski definition) is 5. The predicted octanol–water partition coefficient (Wildman–Crippen LogP) is 5.49. The fraction of sp³-hybridized carbons (Fsp3) is 0.333. The van der Waals surface area contributed by atoms with Gasteiger partial charge in [0.25, 0.3) is 5.91 Å². The third-order valence-electron chi connectivity index (χ3n) is 9.87. The maximum absolute atomic E-state index is 14.5. The van der Waals surface area contributed by atoms with Gasteiger partial charge in [0, 0.05) is 47.4 Å². The second-order valence-corrected chi connectivity index (χ2v) is 17.4. The number of benzene rings is 3. The number of H-pyrrole nitrogens is 1. The quantitative estimate of drug-likeness (QED) is 0.160. The van der Waals surface area contributed by atoms with Gasteiger partial charge in [-0.05, 0) is 53.9 Å². The second kappa shape index (κ2) is 12.0. The number of aliphatic hydroxyl groups excluding tert-OH is 1. The van der Waals surface area contributed by atoms with E-state index in [4.69, 9.17) is 9.47 Å². The normalized spacial score (nSPS) is 22.6. The number of nitrogens with zero attached hydrogens (tertiary/aromatic N) is 1. The van der Waals surface area contributed by atoms with Crippen LogP contribution in [0, 0.1) is 5.92 Å². The number of fused-ring (bicyclic) bond motifs is 3. The largest absolute Gasteiger partial charge is 0.497 e. The van der Waals surface area contributed by atoms with Crippen molar-refractivity contribution in [3.05, 3.63) is 96.7 Å². The first kappa shape index (κ1) is 30.8. The summed E-state index contributed by atoms with van der Waals surface area (Å²) in [6, 6.07) is 21.7. The van der Waals surface area contributed by atoms with E-state index < -0.39 is 13.7 Å². The van der Waals surface area contributed by atoms with Crippen LogP contribution < -0.4 is 20.1 Å². The van der Waals surface area contributed by atoms with E-state index in [2.05, 4.69) is 49.0 Å². The first-order valence-electron chi connectivity index (χ1n) is 15.5. The minimum atomic E-state index is -2.28. The van der Waals surface area contributed by atoms with Gasteiger partial charge in [-0.25, -0.2) is 0 Å². The highest BCUT2D eigenvalue weighted by Crippen LogP contribution is 2.60. The molecule has 3 aromatic carbocycles. The van der Waals surface area contributed by atoms with E-state index in [0.717, 1.165) is 33.5 Å². The highest BCUT2D eigenvalue weighted by atomic mass is 28.3. The molecule has 4 aromatic rings. The number of aliphatic hydroxyl groups is 1. The van der Waals surface area contributed by atoms with Crippen molar-refractivity contribution in [1.29, 1.82) is 0 Å². The van der Waals surface area contributed by atoms with Crippen LogP contribution >= 0.6 is 0 Å². The molecule has 6 rings (SSSR count). The number of nitrogens with one attached hydrogen (secondary N) is 2. The Morgan fingerprint density at radius 3 is 2.64 bits per heavy atom. The van der Waals surface area contributed by atoms with Crippen LogP contribution in [-0.2, 0) is 26.3 Å². The molecule has 2 aliphatic rings. The van der Waals surface area contributed by atoms with Gasteiger partial charge in [-0.3, -0.25) is 9.59 Å². The number of carbonyl (C=O) groups is 2. The number of ether oxygens (including phenoxy) is 2. The summed E-state index contributed by atoms with van der Waals surface area (Å²) in [6.45, 7) is 10.9. The third-order valence-corrected chi connectivity index (χ3v) is 14.2. The number of anilines is 2. The number of para-hydroxylation sites is 1. The lowest BCUT2D eigenvalue weighted by Gasteiger charge is -2.37. The Hall–Kier alpha value is -4.18. The fourth-order valence-electron chi connectivity index (χ4n) is 7.75. The van der Waals surface area contributed by atoms with Crippen LogP contribution in [0.3, 0.4) is 0 Å². The molecule has 4 atom stereocenters. The van der Waals surface area contributed by atoms with E-state index in [0.29, 0.717) is 18.7 Å². The van der Waals surface area contributed by atoms with Gasteiger partial charge in [-0.1, -0.05) is 61.6 Å². The van der Waals surface area contributed by atoms with Crippen molar-refractivity contribution in [3.8, 4) is 5.75 Å². The molecule has 3 N–H and O–H groups in total. The van der Waals surface area contributed by atoms with Crippen molar-refractivity contribution in [1.82, 2.24) is 4.98 Å². The minimum absolute atomic E-state index is 0.0265. The molecule has 2 amide bonds. The summed E-state index contributed by atoms with van der Waals surface area (Å²) in [5.41, 5.74) is 2.79. The molecular weight excluding hydrogens is 582 g/mol. The van der Waals surface area contributed by atoms with Crippen molar-refractivity contribution in [3.63, 3.8) is 0 Å². The maximum atomic E-state index is 14.5. The molecule has 234 valence electrons. The van der Waals surface area contributed by atoms with Crippen LogP contribution in [0.1, 0.15) is 24.5 Å². The number of aromatic amines is 1. The number of methoxy groups -OCH3 is 1. The molecule has 0 unspecified atom stereocenters. The molecule has 8 nitrogen and oxygen atoms in total. The summed E-state index contributed by atoms with van der Waals surface area (Å²) in [6.07, 6.45) is 3.90. The molecule has 0 saturated carbocycles. The van der Waals surface area contributed by atoms with E-state index in [1.165, 1.54) is 5.19 Å². The van der Waals surface area contributed by atoms with Gasteiger partial charge in [0.1, 0.15) is 5.75 Å². The van der Waals surface area contributed by atoms with Gasteiger partial charge in [-0.2, -0.15) is 0 Å². The summed E-state index contributed by atoms with van der Waals surface area (Å²) in [5, 5.41) is 15.5. The Bertz CT molecular complexity index is 1750. The van der Waals surface area contributed by atoms with Crippen LogP contribution in [-0.4, -0.2) is 56.3 Å². The number of aromatic nitrogens is 1. The minimum Gasteiger partial charge on any atom is -0.497 e. The lowest BCUT2D eigenvalue weighted by atomic mass is 9.82. The Morgan fingerprint density at radius 1 is 1.18 bits per heavy atom. The SMILES string of the molecule is C=CCN1C(=O)[C@]2(O[C@H](CCO)[C@@H]([Si](C)(C)c3ccc(OC)cc3)[C@@H]2C)c2cc(NC(=O)Cc3c[nH]c4ccccc34)ccc21. The average molecular weight is 624 g/mol. The standard InChI is InChI=1S/C36H41N3O5Si/c1-6-18-39-31-16-11-25(38-33(41)20-24-22-37-30-10-8-7-9-28(24)30)21-29(31)36(35(39)42)23(2)34(32(44-36)17-19-40)45(4,5)27-14-12-26(43-3)13-15-27/h6-16,21-23,32,34,37,40H,1,17-20H2,2-5H3,(H,38,41)/t23-,32+,34-,36+/m0/s1. The molecule has 9 heteroatoms. The molecule has 0 radical (unpaired) electrons. The monoisotopic (exact) mass is 623 g/mol. The number of amides is 2. The zero-order chi connectivity index (χ0) is 31.9.